The number of anilines is 1. The zero-order valence-electron chi connectivity index (χ0n) is 18.5. The number of piperidine rings is 1. The van der Waals surface area contributed by atoms with Crippen molar-refractivity contribution < 1.29 is 14.0 Å². The summed E-state index contributed by atoms with van der Waals surface area (Å²) >= 11 is 0. The summed E-state index contributed by atoms with van der Waals surface area (Å²) in [5.41, 5.74) is 3.10. The molecular weight excluding hydrogens is 408 g/mol. The van der Waals surface area contributed by atoms with Gasteiger partial charge in [0.25, 0.3) is 0 Å². The quantitative estimate of drug-likeness (QED) is 0.676. The van der Waals surface area contributed by atoms with Crippen molar-refractivity contribution >= 4 is 28.9 Å². The van der Waals surface area contributed by atoms with Crippen molar-refractivity contribution in [3.63, 3.8) is 0 Å². The molecule has 1 aromatic carbocycles. The van der Waals surface area contributed by atoms with E-state index in [4.69, 9.17) is 4.42 Å². The molecule has 0 saturated carbocycles. The molecule has 2 aliphatic rings. The van der Waals surface area contributed by atoms with Crippen LogP contribution < -0.4 is 5.32 Å². The molecular formula is C23H28N6O3. The smallest absolute Gasteiger partial charge is 0.344 e. The van der Waals surface area contributed by atoms with Crippen LogP contribution >= 0.6 is 0 Å². The molecule has 0 atom stereocenters. The molecule has 168 valence electrons. The Kier molecular flexibility index (Phi) is 5.21. The van der Waals surface area contributed by atoms with Crippen LogP contribution in [0.5, 0.6) is 0 Å². The molecule has 9 nitrogen and oxygen atoms in total. The highest BCUT2D eigenvalue weighted by Gasteiger charge is 2.43. The lowest BCUT2D eigenvalue weighted by Crippen LogP contribution is -2.53. The number of fused-ring (bicyclic) bond motifs is 1. The second-order valence-electron chi connectivity index (χ2n) is 8.88. The van der Waals surface area contributed by atoms with E-state index in [0.717, 1.165) is 43.5 Å². The van der Waals surface area contributed by atoms with Gasteiger partial charge in [-0.1, -0.05) is 6.07 Å². The Bertz CT molecular complexity index is 1160. The van der Waals surface area contributed by atoms with Gasteiger partial charge in [-0.25, -0.2) is 9.78 Å². The van der Waals surface area contributed by atoms with Gasteiger partial charge in [0.05, 0.1) is 0 Å². The van der Waals surface area contributed by atoms with Gasteiger partial charge in [0.15, 0.2) is 17.3 Å². The highest BCUT2D eigenvalue weighted by molar-refractivity contribution is 5.88. The lowest BCUT2D eigenvalue weighted by molar-refractivity contribution is -0.114. The topological polar surface area (TPSA) is 96.5 Å². The number of aromatic nitrogens is 3. The molecule has 2 amide bonds. The van der Waals surface area contributed by atoms with Gasteiger partial charge in [-0.05, 0) is 49.9 Å². The number of hydrogen-bond acceptors (Lipinski definition) is 6. The van der Waals surface area contributed by atoms with Gasteiger partial charge in [-0.3, -0.25) is 9.69 Å². The number of nitrogens with zero attached hydrogens (tertiary/aromatic N) is 5. The van der Waals surface area contributed by atoms with Crippen molar-refractivity contribution in [2.24, 2.45) is 0 Å². The molecule has 0 aliphatic carbocycles. The maximum Gasteiger partial charge on any atom is 0.344 e. The van der Waals surface area contributed by atoms with E-state index in [1.54, 1.807) is 12.3 Å². The van der Waals surface area contributed by atoms with E-state index in [9.17, 15) is 9.59 Å². The number of carbonyl (C=O) groups is 2. The SMILES string of the molecule is CC(=O)Nc1ccn(C(=O)N2CCC3(CCCN3Cc3ccc4nc(C)oc4c3)CC2)n1. The number of aryl methyl sites for hydroxylation is 1. The second-order valence-corrected chi connectivity index (χ2v) is 8.88. The third-order valence-electron chi connectivity index (χ3n) is 6.73. The number of rotatable bonds is 3. The molecule has 4 heterocycles. The number of oxazole rings is 1. The molecule has 9 heteroatoms. The zero-order valence-corrected chi connectivity index (χ0v) is 18.5. The van der Waals surface area contributed by atoms with E-state index in [1.165, 1.54) is 23.6 Å². The second kappa shape index (κ2) is 8.05. The van der Waals surface area contributed by atoms with Crippen LogP contribution in [0.3, 0.4) is 0 Å². The van der Waals surface area contributed by atoms with E-state index in [-0.39, 0.29) is 17.5 Å². The van der Waals surface area contributed by atoms with Gasteiger partial charge >= 0.3 is 6.03 Å². The van der Waals surface area contributed by atoms with Crippen molar-refractivity contribution in [3.05, 3.63) is 41.9 Å². The van der Waals surface area contributed by atoms with Crippen LogP contribution in [-0.4, -0.2) is 61.7 Å². The number of hydrogen-bond donors (Lipinski definition) is 1. The number of carbonyl (C=O) groups excluding carboxylic acids is 2. The number of likely N-dealkylation sites (tertiary alicyclic amines) is 2. The molecule has 2 saturated heterocycles. The molecule has 2 fully saturated rings. The first-order chi connectivity index (χ1) is 15.4. The first-order valence-electron chi connectivity index (χ1n) is 11.2. The summed E-state index contributed by atoms with van der Waals surface area (Å²) in [6.07, 6.45) is 5.83. The Morgan fingerprint density at radius 3 is 2.75 bits per heavy atom. The first-order valence-corrected chi connectivity index (χ1v) is 11.2. The van der Waals surface area contributed by atoms with E-state index < -0.39 is 0 Å². The van der Waals surface area contributed by atoms with Crippen molar-refractivity contribution in [1.82, 2.24) is 24.6 Å². The summed E-state index contributed by atoms with van der Waals surface area (Å²) in [5, 5.41) is 6.79. The summed E-state index contributed by atoms with van der Waals surface area (Å²) in [6.45, 7) is 6.64. The van der Waals surface area contributed by atoms with E-state index in [2.05, 4.69) is 32.4 Å². The van der Waals surface area contributed by atoms with E-state index in [1.807, 2.05) is 17.9 Å². The highest BCUT2D eigenvalue weighted by atomic mass is 16.3. The van der Waals surface area contributed by atoms with Crippen LogP contribution in [-0.2, 0) is 11.3 Å². The van der Waals surface area contributed by atoms with Crippen LogP contribution in [0.2, 0.25) is 0 Å². The first kappa shape index (κ1) is 20.7. The third kappa shape index (κ3) is 3.88. The van der Waals surface area contributed by atoms with Crippen molar-refractivity contribution in [3.8, 4) is 0 Å². The van der Waals surface area contributed by atoms with Crippen LogP contribution in [0.15, 0.2) is 34.9 Å². The normalized spacial score (nSPS) is 18.5. The fraction of sp³-hybridized carbons (Fsp3) is 0.478. The van der Waals surface area contributed by atoms with E-state index in [0.29, 0.717) is 24.8 Å². The molecule has 0 unspecified atom stereocenters. The Morgan fingerprint density at radius 2 is 1.97 bits per heavy atom. The maximum atomic E-state index is 12.9. The predicted molar refractivity (Wildman–Crippen MR) is 119 cm³/mol. The van der Waals surface area contributed by atoms with Crippen LogP contribution in [0, 0.1) is 6.92 Å². The van der Waals surface area contributed by atoms with Crippen LogP contribution in [0.4, 0.5) is 10.6 Å². The van der Waals surface area contributed by atoms with Crippen molar-refractivity contribution in [2.75, 3.05) is 25.0 Å². The van der Waals surface area contributed by atoms with Gasteiger partial charge in [0.1, 0.15) is 5.52 Å². The summed E-state index contributed by atoms with van der Waals surface area (Å²) in [5.74, 6) is 0.870. The zero-order chi connectivity index (χ0) is 22.3. The van der Waals surface area contributed by atoms with Crippen LogP contribution in [0.1, 0.15) is 44.1 Å². The van der Waals surface area contributed by atoms with Gasteiger partial charge in [-0.15, -0.1) is 5.10 Å². The fourth-order valence-corrected chi connectivity index (χ4v) is 5.15. The fourth-order valence-electron chi connectivity index (χ4n) is 5.15. The Morgan fingerprint density at radius 1 is 1.16 bits per heavy atom. The van der Waals surface area contributed by atoms with Gasteiger partial charge in [-0.2, -0.15) is 4.68 Å². The molecule has 3 aromatic rings. The summed E-state index contributed by atoms with van der Waals surface area (Å²) in [7, 11) is 0. The van der Waals surface area contributed by atoms with Crippen molar-refractivity contribution in [1.29, 1.82) is 0 Å². The minimum absolute atomic E-state index is 0.133. The molecule has 1 N–H and O–H groups in total. The lowest BCUT2D eigenvalue weighted by atomic mass is 9.85. The summed E-state index contributed by atoms with van der Waals surface area (Å²) in [6, 6.07) is 7.76. The van der Waals surface area contributed by atoms with Gasteiger partial charge in [0.2, 0.25) is 5.91 Å². The average Bonchev–Trinajstić information content (AvgIpc) is 3.47. The summed E-state index contributed by atoms with van der Waals surface area (Å²) in [4.78, 5) is 32.9. The lowest BCUT2D eigenvalue weighted by Gasteiger charge is -2.45. The maximum absolute atomic E-state index is 12.9. The van der Waals surface area contributed by atoms with Crippen LogP contribution in [0.25, 0.3) is 11.1 Å². The third-order valence-corrected chi connectivity index (χ3v) is 6.73. The molecule has 32 heavy (non-hydrogen) atoms. The standard InChI is InChI=1S/C23H28N6O3/c1-16(30)24-21-6-11-29(26-21)22(31)27-12-8-23(9-13-27)7-3-10-28(23)15-18-4-5-19-20(14-18)32-17(2)25-19/h4-6,11,14H,3,7-10,12-13,15H2,1-2H3,(H,24,26,30). The monoisotopic (exact) mass is 436 g/mol. The molecule has 0 radical (unpaired) electrons. The molecule has 2 aromatic heterocycles. The molecule has 0 bridgehead atoms. The van der Waals surface area contributed by atoms with E-state index >= 15 is 0 Å². The summed E-state index contributed by atoms with van der Waals surface area (Å²) < 4.78 is 7.02. The molecule has 1 spiro atoms. The minimum atomic E-state index is -0.207. The number of nitrogens with one attached hydrogen (secondary N) is 1. The molecule has 2 aliphatic heterocycles. The van der Waals surface area contributed by atoms with Gasteiger partial charge in [0, 0.05) is 51.3 Å². The largest absolute Gasteiger partial charge is 0.441 e. The minimum Gasteiger partial charge on any atom is -0.441 e. The number of amides is 2. The Balaban J connectivity index is 1.24. The average molecular weight is 437 g/mol. The number of benzene rings is 1. The van der Waals surface area contributed by atoms with Gasteiger partial charge < -0.3 is 14.6 Å². The molecule has 5 rings (SSSR count). The predicted octanol–water partition coefficient (Wildman–Crippen LogP) is 3.39. The highest BCUT2D eigenvalue weighted by Crippen LogP contribution is 2.39. The Hall–Kier alpha value is -3.20. The van der Waals surface area contributed by atoms with Crippen molar-refractivity contribution in [2.45, 2.75) is 51.6 Å². The Labute approximate surface area is 186 Å².